The van der Waals surface area contributed by atoms with Gasteiger partial charge in [-0.15, -0.1) is 5.10 Å². The quantitative estimate of drug-likeness (QED) is 0.495. The van der Waals surface area contributed by atoms with E-state index in [2.05, 4.69) is 26.7 Å². The molecule has 2 aliphatic rings. The minimum atomic E-state index is -0.841. The number of nitrogens with zero attached hydrogens (tertiary/aromatic N) is 4. The van der Waals surface area contributed by atoms with Crippen molar-refractivity contribution in [2.24, 2.45) is 7.05 Å². The van der Waals surface area contributed by atoms with Crippen LogP contribution in [0.5, 0.6) is 0 Å². The van der Waals surface area contributed by atoms with Crippen molar-refractivity contribution in [3.63, 3.8) is 0 Å². The third kappa shape index (κ3) is 2.72. The zero-order valence-corrected chi connectivity index (χ0v) is 15.9. The summed E-state index contributed by atoms with van der Waals surface area (Å²) in [5.41, 5.74) is 6.08. The summed E-state index contributed by atoms with van der Waals surface area (Å²) in [5.74, 6) is 1.88. The third-order valence-corrected chi connectivity index (χ3v) is 5.72. The Morgan fingerprint density at radius 1 is 1.24 bits per heavy atom. The van der Waals surface area contributed by atoms with Gasteiger partial charge < -0.3 is 15.2 Å². The Hall–Kier alpha value is -3.23. The van der Waals surface area contributed by atoms with Crippen molar-refractivity contribution in [2.45, 2.75) is 31.7 Å². The first kappa shape index (κ1) is 16.7. The standard InChI is InChI=1S/C21H20N6O2/c1-27-21(23-17-7-6-16-15(9-22-25-16)18(17)11-2-3-11)24-19(26-27)12-4-5-14-13(8-12)10-29-20(14)28/h4-9,11,20,28H,2-3,10H2,1H3,(H,22,25)(H,23,24,26). The number of aryl methyl sites for hydroxylation is 1. The predicted octanol–water partition coefficient (Wildman–Crippen LogP) is 3.50. The van der Waals surface area contributed by atoms with E-state index in [9.17, 15) is 5.11 Å². The van der Waals surface area contributed by atoms with Gasteiger partial charge >= 0.3 is 0 Å². The zero-order valence-electron chi connectivity index (χ0n) is 15.9. The highest BCUT2D eigenvalue weighted by atomic mass is 16.6. The number of aliphatic hydroxyl groups is 1. The average molecular weight is 388 g/mol. The molecule has 1 unspecified atom stereocenters. The van der Waals surface area contributed by atoms with Crippen molar-refractivity contribution < 1.29 is 9.84 Å². The molecule has 3 N–H and O–H groups in total. The maximum atomic E-state index is 9.82. The van der Waals surface area contributed by atoms with E-state index in [1.54, 1.807) is 4.68 Å². The van der Waals surface area contributed by atoms with Crippen LogP contribution in [0.25, 0.3) is 22.3 Å². The normalized spacial score (nSPS) is 18.3. The molecule has 0 saturated heterocycles. The number of aromatic nitrogens is 5. The number of ether oxygens (including phenoxy) is 1. The smallest absolute Gasteiger partial charge is 0.225 e. The molecule has 1 aliphatic carbocycles. The summed E-state index contributed by atoms with van der Waals surface area (Å²) in [6.07, 6.45) is 3.46. The number of rotatable bonds is 4. The highest BCUT2D eigenvalue weighted by Gasteiger charge is 2.29. The molecule has 0 spiro atoms. The molecular weight excluding hydrogens is 368 g/mol. The second-order valence-corrected chi connectivity index (χ2v) is 7.72. The fraction of sp³-hybridized carbons (Fsp3) is 0.286. The topological polar surface area (TPSA) is 101 Å². The Balaban J connectivity index is 1.36. The average Bonchev–Trinajstić information content (AvgIpc) is 3.15. The fourth-order valence-electron chi connectivity index (χ4n) is 4.07. The van der Waals surface area contributed by atoms with Crippen LogP contribution in [0.15, 0.2) is 36.5 Å². The van der Waals surface area contributed by atoms with Crippen LogP contribution in [-0.2, 0) is 18.4 Å². The van der Waals surface area contributed by atoms with Gasteiger partial charge in [0.2, 0.25) is 5.95 Å². The molecule has 3 heterocycles. The van der Waals surface area contributed by atoms with Crippen LogP contribution >= 0.6 is 0 Å². The Bertz CT molecular complexity index is 1240. The Labute approximate surface area is 166 Å². The largest absolute Gasteiger partial charge is 0.364 e. The van der Waals surface area contributed by atoms with Crippen molar-refractivity contribution in [1.29, 1.82) is 0 Å². The molecule has 0 radical (unpaired) electrons. The summed E-state index contributed by atoms with van der Waals surface area (Å²) in [5, 5.41) is 26.3. The highest BCUT2D eigenvalue weighted by Crippen LogP contribution is 2.47. The molecule has 2 aromatic heterocycles. The van der Waals surface area contributed by atoms with Crippen molar-refractivity contribution in [3.05, 3.63) is 53.2 Å². The molecule has 0 bridgehead atoms. The lowest BCUT2D eigenvalue weighted by Gasteiger charge is -2.11. The molecule has 1 saturated carbocycles. The van der Waals surface area contributed by atoms with Gasteiger partial charge in [0, 0.05) is 29.2 Å². The lowest BCUT2D eigenvalue weighted by Crippen LogP contribution is -2.02. The molecule has 2 aromatic carbocycles. The Morgan fingerprint density at radius 3 is 3.00 bits per heavy atom. The minimum absolute atomic E-state index is 0.401. The van der Waals surface area contributed by atoms with E-state index in [4.69, 9.17) is 9.72 Å². The van der Waals surface area contributed by atoms with E-state index in [1.807, 2.05) is 37.5 Å². The van der Waals surface area contributed by atoms with Gasteiger partial charge in [-0.2, -0.15) is 10.1 Å². The lowest BCUT2D eigenvalue weighted by molar-refractivity contribution is -0.0918. The van der Waals surface area contributed by atoms with Crippen LogP contribution in [-0.4, -0.2) is 30.1 Å². The van der Waals surface area contributed by atoms with Crippen molar-refractivity contribution in [1.82, 2.24) is 25.0 Å². The fourth-order valence-corrected chi connectivity index (χ4v) is 4.07. The van der Waals surface area contributed by atoms with Crippen molar-refractivity contribution in [2.75, 3.05) is 5.32 Å². The predicted molar refractivity (Wildman–Crippen MR) is 108 cm³/mol. The van der Waals surface area contributed by atoms with Gasteiger partial charge in [0.1, 0.15) is 0 Å². The van der Waals surface area contributed by atoms with Crippen LogP contribution in [0.2, 0.25) is 0 Å². The second-order valence-electron chi connectivity index (χ2n) is 7.72. The van der Waals surface area contributed by atoms with Gasteiger partial charge in [-0.05, 0) is 48.1 Å². The number of aliphatic hydroxyl groups excluding tert-OH is 1. The third-order valence-electron chi connectivity index (χ3n) is 5.72. The van der Waals surface area contributed by atoms with Crippen molar-refractivity contribution in [3.8, 4) is 11.4 Å². The van der Waals surface area contributed by atoms with E-state index in [1.165, 1.54) is 18.4 Å². The Morgan fingerprint density at radius 2 is 2.14 bits per heavy atom. The summed E-state index contributed by atoms with van der Waals surface area (Å²) in [7, 11) is 1.88. The Kier molecular flexibility index (Phi) is 3.53. The number of fused-ring (bicyclic) bond motifs is 2. The summed E-state index contributed by atoms with van der Waals surface area (Å²) in [4.78, 5) is 4.72. The first-order valence-corrected chi connectivity index (χ1v) is 9.74. The summed E-state index contributed by atoms with van der Waals surface area (Å²) < 4.78 is 7.04. The summed E-state index contributed by atoms with van der Waals surface area (Å²) in [6, 6.07) is 9.90. The van der Waals surface area contributed by atoms with Gasteiger partial charge in [0.15, 0.2) is 12.1 Å². The molecule has 1 atom stereocenters. The van der Waals surface area contributed by atoms with Crippen LogP contribution in [0, 0.1) is 0 Å². The second kappa shape index (κ2) is 6.13. The molecule has 6 rings (SSSR count). The number of nitrogens with one attached hydrogen (secondary N) is 2. The summed E-state index contributed by atoms with van der Waals surface area (Å²) >= 11 is 0. The lowest BCUT2D eigenvalue weighted by atomic mass is 10.0. The number of H-pyrrole nitrogens is 1. The van der Waals surface area contributed by atoms with Crippen LogP contribution < -0.4 is 5.32 Å². The molecule has 0 amide bonds. The van der Waals surface area contributed by atoms with Gasteiger partial charge in [0.05, 0.1) is 18.3 Å². The van der Waals surface area contributed by atoms with Crippen LogP contribution in [0.4, 0.5) is 11.6 Å². The minimum Gasteiger partial charge on any atom is -0.364 e. The van der Waals surface area contributed by atoms with Crippen LogP contribution in [0.3, 0.4) is 0 Å². The molecule has 29 heavy (non-hydrogen) atoms. The first-order valence-electron chi connectivity index (χ1n) is 9.74. The first-order chi connectivity index (χ1) is 14.2. The van der Waals surface area contributed by atoms with E-state index in [0.29, 0.717) is 24.3 Å². The van der Waals surface area contributed by atoms with Crippen LogP contribution in [0.1, 0.15) is 41.7 Å². The SMILES string of the molecule is Cn1nc(-c2ccc3c(c2)COC3O)nc1Nc1ccc2[nH]ncc2c1C1CC1. The van der Waals surface area contributed by atoms with E-state index >= 15 is 0 Å². The van der Waals surface area contributed by atoms with E-state index in [-0.39, 0.29) is 0 Å². The molecular formula is C21H20N6O2. The number of hydrogen-bond acceptors (Lipinski definition) is 6. The number of hydrogen-bond donors (Lipinski definition) is 3. The maximum absolute atomic E-state index is 9.82. The van der Waals surface area contributed by atoms with Crippen molar-refractivity contribution >= 4 is 22.5 Å². The van der Waals surface area contributed by atoms with E-state index < -0.39 is 6.29 Å². The highest BCUT2D eigenvalue weighted by molar-refractivity contribution is 5.89. The van der Waals surface area contributed by atoms with Gasteiger partial charge in [-0.3, -0.25) is 5.10 Å². The molecule has 146 valence electrons. The van der Waals surface area contributed by atoms with Gasteiger partial charge in [-0.1, -0.05) is 12.1 Å². The maximum Gasteiger partial charge on any atom is 0.225 e. The number of benzene rings is 2. The number of anilines is 2. The molecule has 8 nitrogen and oxygen atoms in total. The molecule has 8 heteroatoms. The molecule has 4 aromatic rings. The monoisotopic (exact) mass is 388 g/mol. The van der Waals surface area contributed by atoms with Gasteiger partial charge in [-0.25, -0.2) is 4.68 Å². The molecule has 1 fully saturated rings. The number of aromatic amines is 1. The zero-order chi connectivity index (χ0) is 19.5. The molecule has 1 aliphatic heterocycles. The summed E-state index contributed by atoms with van der Waals surface area (Å²) in [6.45, 7) is 0.401. The van der Waals surface area contributed by atoms with E-state index in [0.717, 1.165) is 33.3 Å². The van der Waals surface area contributed by atoms with Gasteiger partial charge in [0.25, 0.3) is 0 Å².